The van der Waals surface area contributed by atoms with E-state index in [0.717, 1.165) is 18.4 Å². The number of carbonyl (C=O) groups is 1. The first-order valence-electron chi connectivity index (χ1n) is 5.72. The number of rotatable bonds is 7. The third-order valence-corrected chi connectivity index (χ3v) is 2.20. The Labute approximate surface area is 102 Å². The van der Waals surface area contributed by atoms with E-state index < -0.39 is 0 Å². The molecule has 0 amide bonds. The van der Waals surface area contributed by atoms with Crippen LogP contribution in [0, 0.1) is 0 Å². The number of hydrogen-bond donors (Lipinski definition) is 0. The summed E-state index contributed by atoms with van der Waals surface area (Å²) in [7, 11) is 1.66. The van der Waals surface area contributed by atoms with Crippen molar-refractivity contribution in [2.24, 2.45) is 0 Å². The van der Waals surface area contributed by atoms with Crippen LogP contribution in [-0.4, -0.2) is 26.3 Å². The third kappa shape index (κ3) is 6.53. The minimum absolute atomic E-state index is 0.300. The standard InChI is InChI=1S/C14H18O3/c1-16-11-5-6-12-17-14(15)10-9-13-7-3-2-4-8-13/h2-4,7-10H,5-6,11-12H2,1H3. The van der Waals surface area contributed by atoms with Crippen molar-refractivity contribution < 1.29 is 14.3 Å². The number of ether oxygens (including phenoxy) is 2. The second kappa shape index (κ2) is 8.53. The average Bonchev–Trinajstić information content (AvgIpc) is 2.37. The average molecular weight is 234 g/mol. The van der Waals surface area contributed by atoms with Crippen molar-refractivity contribution in [3.05, 3.63) is 42.0 Å². The largest absolute Gasteiger partial charge is 0.463 e. The Bertz CT molecular complexity index is 344. The summed E-state index contributed by atoms with van der Waals surface area (Å²) >= 11 is 0. The number of methoxy groups -OCH3 is 1. The Hall–Kier alpha value is -1.61. The molecule has 17 heavy (non-hydrogen) atoms. The van der Waals surface area contributed by atoms with Gasteiger partial charge in [0.1, 0.15) is 0 Å². The van der Waals surface area contributed by atoms with E-state index in [1.165, 1.54) is 6.08 Å². The number of esters is 1. The van der Waals surface area contributed by atoms with E-state index in [0.29, 0.717) is 13.2 Å². The summed E-state index contributed by atoms with van der Waals surface area (Å²) in [5.41, 5.74) is 0.990. The first kappa shape index (κ1) is 13.5. The fraction of sp³-hybridized carbons (Fsp3) is 0.357. The minimum atomic E-state index is -0.300. The first-order chi connectivity index (χ1) is 8.33. The van der Waals surface area contributed by atoms with E-state index in [-0.39, 0.29) is 5.97 Å². The molecule has 0 atom stereocenters. The minimum Gasteiger partial charge on any atom is -0.463 e. The Morgan fingerprint density at radius 3 is 2.59 bits per heavy atom. The van der Waals surface area contributed by atoms with Gasteiger partial charge in [0.15, 0.2) is 0 Å². The van der Waals surface area contributed by atoms with Gasteiger partial charge in [0.2, 0.25) is 0 Å². The lowest BCUT2D eigenvalue weighted by atomic mass is 10.2. The highest BCUT2D eigenvalue weighted by Gasteiger charge is 1.96. The summed E-state index contributed by atoms with van der Waals surface area (Å²) in [6.07, 6.45) is 4.94. The molecule has 0 aliphatic carbocycles. The predicted octanol–water partition coefficient (Wildman–Crippen LogP) is 2.67. The normalized spacial score (nSPS) is 10.6. The Balaban J connectivity index is 2.19. The molecule has 0 saturated heterocycles. The highest BCUT2D eigenvalue weighted by molar-refractivity contribution is 5.86. The van der Waals surface area contributed by atoms with Gasteiger partial charge in [0.25, 0.3) is 0 Å². The second-order valence-corrected chi connectivity index (χ2v) is 3.61. The topological polar surface area (TPSA) is 35.5 Å². The van der Waals surface area contributed by atoms with Crippen LogP contribution in [0.5, 0.6) is 0 Å². The maximum Gasteiger partial charge on any atom is 0.330 e. The smallest absolute Gasteiger partial charge is 0.330 e. The molecular weight excluding hydrogens is 216 g/mol. The fourth-order valence-electron chi connectivity index (χ4n) is 1.30. The molecule has 0 saturated carbocycles. The van der Waals surface area contributed by atoms with Gasteiger partial charge >= 0.3 is 5.97 Å². The van der Waals surface area contributed by atoms with E-state index in [1.54, 1.807) is 13.2 Å². The van der Waals surface area contributed by atoms with Crippen molar-refractivity contribution >= 4 is 12.0 Å². The van der Waals surface area contributed by atoms with Crippen molar-refractivity contribution in [1.82, 2.24) is 0 Å². The molecule has 0 radical (unpaired) electrons. The number of benzene rings is 1. The van der Waals surface area contributed by atoms with E-state index in [2.05, 4.69) is 0 Å². The molecule has 0 bridgehead atoms. The van der Waals surface area contributed by atoms with Gasteiger partial charge in [-0.15, -0.1) is 0 Å². The molecule has 1 aromatic carbocycles. The van der Waals surface area contributed by atoms with Crippen LogP contribution in [0.2, 0.25) is 0 Å². The molecule has 3 heteroatoms. The van der Waals surface area contributed by atoms with Gasteiger partial charge in [-0.1, -0.05) is 30.3 Å². The van der Waals surface area contributed by atoms with Gasteiger partial charge in [-0.25, -0.2) is 4.79 Å². The molecule has 1 aromatic rings. The molecule has 0 unspecified atom stereocenters. The van der Waals surface area contributed by atoms with Crippen LogP contribution in [0.25, 0.3) is 6.08 Å². The first-order valence-corrected chi connectivity index (χ1v) is 5.72. The van der Waals surface area contributed by atoms with Crippen LogP contribution in [0.3, 0.4) is 0 Å². The molecule has 0 aliphatic heterocycles. The molecule has 0 N–H and O–H groups in total. The zero-order valence-corrected chi connectivity index (χ0v) is 10.1. The van der Waals surface area contributed by atoms with E-state index in [9.17, 15) is 4.79 Å². The fourth-order valence-corrected chi connectivity index (χ4v) is 1.30. The molecule has 92 valence electrons. The molecule has 1 rings (SSSR count). The zero-order chi connectivity index (χ0) is 12.3. The summed E-state index contributed by atoms with van der Waals surface area (Å²) in [6, 6.07) is 9.65. The van der Waals surface area contributed by atoms with Crippen LogP contribution >= 0.6 is 0 Å². The lowest BCUT2D eigenvalue weighted by Gasteiger charge is -2.01. The van der Waals surface area contributed by atoms with Crippen LogP contribution in [0.4, 0.5) is 0 Å². The van der Waals surface area contributed by atoms with Crippen molar-refractivity contribution in [3.8, 4) is 0 Å². The van der Waals surface area contributed by atoms with E-state index >= 15 is 0 Å². The van der Waals surface area contributed by atoms with Crippen molar-refractivity contribution in [1.29, 1.82) is 0 Å². The quantitative estimate of drug-likeness (QED) is 0.413. The van der Waals surface area contributed by atoms with Gasteiger partial charge in [-0.2, -0.15) is 0 Å². The van der Waals surface area contributed by atoms with Crippen molar-refractivity contribution in [2.45, 2.75) is 12.8 Å². The lowest BCUT2D eigenvalue weighted by molar-refractivity contribution is -0.137. The Morgan fingerprint density at radius 2 is 1.88 bits per heavy atom. The number of hydrogen-bond acceptors (Lipinski definition) is 3. The number of carbonyl (C=O) groups excluding carboxylic acids is 1. The van der Waals surface area contributed by atoms with Gasteiger partial charge in [0, 0.05) is 19.8 Å². The highest BCUT2D eigenvalue weighted by Crippen LogP contribution is 2.01. The number of unbranched alkanes of at least 4 members (excludes halogenated alkanes) is 1. The highest BCUT2D eigenvalue weighted by atomic mass is 16.5. The van der Waals surface area contributed by atoms with Gasteiger partial charge in [-0.05, 0) is 24.5 Å². The van der Waals surface area contributed by atoms with Crippen molar-refractivity contribution in [3.63, 3.8) is 0 Å². The maximum absolute atomic E-state index is 11.3. The van der Waals surface area contributed by atoms with E-state index in [1.807, 2.05) is 30.3 Å². The van der Waals surface area contributed by atoms with Gasteiger partial charge in [0.05, 0.1) is 6.61 Å². The molecular formula is C14H18O3. The predicted molar refractivity (Wildman–Crippen MR) is 67.5 cm³/mol. The molecule has 0 spiro atoms. The van der Waals surface area contributed by atoms with Crippen LogP contribution in [-0.2, 0) is 14.3 Å². The molecule has 0 aromatic heterocycles. The monoisotopic (exact) mass is 234 g/mol. The molecule has 0 aliphatic rings. The molecule has 0 fully saturated rings. The van der Waals surface area contributed by atoms with Crippen molar-refractivity contribution in [2.75, 3.05) is 20.3 Å². The Morgan fingerprint density at radius 1 is 1.18 bits per heavy atom. The van der Waals surface area contributed by atoms with Crippen LogP contribution in [0.1, 0.15) is 18.4 Å². The van der Waals surface area contributed by atoms with Crippen LogP contribution < -0.4 is 0 Å². The van der Waals surface area contributed by atoms with Crippen LogP contribution in [0.15, 0.2) is 36.4 Å². The second-order valence-electron chi connectivity index (χ2n) is 3.61. The van der Waals surface area contributed by atoms with Gasteiger partial charge < -0.3 is 9.47 Å². The van der Waals surface area contributed by atoms with Gasteiger partial charge in [-0.3, -0.25) is 0 Å². The summed E-state index contributed by atoms with van der Waals surface area (Å²) in [4.78, 5) is 11.3. The molecule has 3 nitrogen and oxygen atoms in total. The Kier molecular flexibility index (Phi) is 6.75. The zero-order valence-electron chi connectivity index (χ0n) is 10.1. The summed E-state index contributed by atoms with van der Waals surface area (Å²) in [6.45, 7) is 1.15. The summed E-state index contributed by atoms with van der Waals surface area (Å²) in [5.74, 6) is -0.300. The SMILES string of the molecule is COCCCCOC(=O)C=Cc1ccccc1. The summed E-state index contributed by atoms with van der Waals surface area (Å²) < 4.78 is 9.93. The molecule has 0 heterocycles. The maximum atomic E-state index is 11.3. The lowest BCUT2D eigenvalue weighted by Crippen LogP contribution is -2.03. The third-order valence-electron chi connectivity index (χ3n) is 2.20. The summed E-state index contributed by atoms with van der Waals surface area (Å²) in [5, 5.41) is 0. The van der Waals surface area contributed by atoms with E-state index in [4.69, 9.17) is 9.47 Å².